The summed E-state index contributed by atoms with van der Waals surface area (Å²) in [6.07, 6.45) is 0.748. The molecule has 5 heteroatoms. The first-order chi connectivity index (χ1) is 7.01. The van der Waals surface area contributed by atoms with Crippen LogP contribution in [0.4, 0.5) is 0 Å². The Kier molecular flexibility index (Phi) is 4.47. The van der Waals surface area contributed by atoms with Gasteiger partial charge in [0.15, 0.2) is 0 Å². The third-order valence-electron chi connectivity index (χ3n) is 2.43. The fourth-order valence-corrected chi connectivity index (χ4v) is 2.77. The molecular weight excluding hydrogens is 276 g/mol. The lowest BCUT2D eigenvalue weighted by Crippen LogP contribution is -2.50. The maximum Gasteiger partial charge on any atom is 0.235 e. The molecule has 0 saturated carbocycles. The van der Waals surface area contributed by atoms with E-state index in [-0.39, 0.29) is 16.7 Å². The van der Waals surface area contributed by atoms with Gasteiger partial charge in [-0.05, 0) is 18.1 Å². The lowest BCUT2D eigenvalue weighted by Gasteiger charge is -2.24. The predicted octanol–water partition coefficient (Wildman–Crippen LogP) is 1.92. The van der Waals surface area contributed by atoms with Crippen molar-refractivity contribution >= 4 is 33.6 Å². The molecule has 1 aliphatic heterocycles. The van der Waals surface area contributed by atoms with Gasteiger partial charge < -0.3 is 5.32 Å². The molecule has 15 heavy (non-hydrogen) atoms. The number of hydrogen-bond donors (Lipinski definition) is 1. The summed E-state index contributed by atoms with van der Waals surface area (Å²) in [5.41, 5.74) is -0.636. The van der Waals surface area contributed by atoms with Crippen LogP contribution in [0.2, 0.25) is 0 Å². The lowest BCUT2D eigenvalue weighted by molar-refractivity contribution is -0.122. The van der Waals surface area contributed by atoms with Gasteiger partial charge in [-0.1, -0.05) is 29.8 Å². The molecule has 84 valence electrons. The van der Waals surface area contributed by atoms with Crippen molar-refractivity contribution < 1.29 is 4.79 Å². The summed E-state index contributed by atoms with van der Waals surface area (Å²) < 4.78 is 0. The van der Waals surface area contributed by atoms with Crippen molar-refractivity contribution in [1.82, 2.24) is 5.32 Å². The molecule has 1 saturated heterocycles. The second-order valence-electron chi connectivity index (χ2n) is 4.13. The van der Waals surface area contributed by atoms with E-state index in [0.717, 1.165) is 12.2 Å². The molecule has 1 rings (SSSR count). The van der Waals surface area contributed by atoms with Crippen LogP contribution < -0.4 is 5.32 Å². The van der Waals surface area contributed by atoms with Crippen LogP contribution >= 0.6 is 27.7 Å². The Labute approximate surface area is 103 Å². The van der Waals surface area contributed by atoms with Gasteiger partial charge in [0.2, 0.25) is 5.91 Å². The molecule has 0 bridgehead atoms. The van der Waals surface area contributed by atoms with E-state index in [1.807, 2.05) is 13.8 Å². The van der Waals surface area contributed by atoms with Crippen LogP contribution in [-0.4, -0.2) is 27.8 Å². The van der Waals surface area contributed by atoms with Gasteiger partial charge >= 0.3 is 0 Å². The molecule has 0 aromatic rings. The number of halogens is 1. The van der Waals surface area contributed by atoms with Gasteiger partial charge in [-0.15, -0.1) is 0 Å². The zero-order valence-corrected chi connectivity index (χ0v) is 11.3. The fraction of sp³-hybridized carbons (Fsp3) is 0.800. The minimum Gasteiger partial charge on any atom is -0.336 e. The van der Waals surface area contributed by atoms with E-state index in [1.165, 1.54) is 0 Å². The SMILES string of the molecule is CC(C)C(Br)C(=O)NC1(C#N)CCSC1. The molecule has 1 fully saturated rings. The van der Waals surface area contributed by atoms with Crippen LogP contribution in [0.1, 0.15) is 20.3 Å². The smallest absolute Gasteiger partial charge is 0.235 e. The highest BCUT2D eigenvalue weighted by atomic mass is 79.9. The monoisotopic (exact) mass is 290 g/mol. The van der Waals surface area contributed by atoms with Gasteiger partial charge in [0.1, 0.15) is 5.54 Å². The second kappa shape index (κ2) is 5.22. The number of alkyl halides is 1. The third kappa shape index (κ3) is 3.12. The average Bonchev–Trinajstić information content (AvgIpc) is 2.65. The molecule has 0 aliphatic carbocycles. The summed E-state index contributed by atoms with van der Waals surface area (Å²) in [6.45, 7) is 3.95. The highest BCUT2D eigenvalue weighted by molar-refractivity contribution is 9.10. The van der Waals surface area contributed by atoms with Crippen LogP contribution in [0.25, 0.3) is 0 Å². The minimum absolute atomic E-state index is 0.0750. The van der Waals surface area contributed by atoms with Crippen molar-refractivity contribution in [3.8, 4) is 6.07 Å². The standard InChI is InChI=1S/C10H15BrN2OS/c1-7(2)8(11)9(14)13-10(5-12)3-4-15-6-10/h7-8H,3-4,6H2,1-2H3,(H,13,14). The van der Waals surface area contributed by atoms with E-state index in [9.17, 15) is 4.79 Å². The lowest BCUT2D eigenvalue weighted by atomic mass is 10.00. The Bertz CT molecular complexity index is 282. The zero-order valence-electron chi connectivity index (χ0n) is 8.92. The summed E-state index contributed by atoms with van der Waals surface area (Å²) in [5, 5.41) is 11.9. The summed E-state index contributed by atoms with van der Waals surface area (Å²) >= 11 is 5.06. The number of carbonyl (C=O) groups excluding carboxylic acids is 1. The molecule has 0 radical (unpaired) electrons. The van der Waals surface area contributed by atoms with Gasteiger partial charge in [0.25, 0.3) is 0 Å². The molecule has 3 nitrogen and oxygen atoms in total. The quantitative estimate of drug-likeness (QED) is 0.808. The Morgan fingerprint density at radius 3 is 2.73 bits per heavy atom. The average molecular weight is 291 g/mol. The highest BCUT2D eigenvalue weighted by Gasteiger charge is 2.37. The maximum absolute atomic E-state index is 11.8. The van der Waals surface area contributed by atoms with Crippen molar-refractivity contribution in [2.75, 3.05) is 11.5 Å². The summed E-state index contributed by atoms with van der Waals surface area (Å²) in [7, 11) is 0. The number of nitrogens with zero attached hydrogens (tertiary/aromatic N) is 1. The van der Waals surface area contributed by atoms with Gasteiger partial charge in [-0.3, -0.25) is 4.79 Å². The molecule has 1 aliphatic rings. The van der Waals surface area contributed by atoms with E-state index in [4.69, 9.17) is 5.26 Å². The number of rotatable bonds is 3. The predicted molar refractivity (Wildman–Crippen MR) is 66.0 cm³/mol. The molecule has 1 amide bonds. The largest absolute Gasteiger partial charge is 0.336 e. The molecular formula is C10H15BrN2OS. The zero-order chi connectivity index (χ0) is 11.5. The molecule has 1 N–H and O–H groups in total. The topological polar surface area (TPSA) is 52.9 Å². The van der Waals surface area contributed by atoms with Crippen LogP contribution in [-0.2, 0) is 4.79 Å². The first-order valence-electron chi connectivity index (χ1n) is 4.96. The molecule has 2 unspecified atom stereocenters. The first-order valence-corrected chi connectivity index (χ1v) is 7.03. The van der Waals surface area contributed by atoms with Crippen molar-refractivity contribution in [1.29, 1.82) is 5.26 Å². The number of nitriles is 1. The Morgan fingerprint density at radius 2 is 2.33 bits per heavy atom. The van der Waals surface area contributed by atoms with Gasteiger partial charge in [-0.2, -0.15) is 17.0 Å². The Hall–Kier alpha value is -0.210. The number of thioether (sulfide) groups is 1. The molecule has 0 aromatic heterocycles. The van der Waals surface area contributed by atoms with Crippen LogP contribution in [0, 0.1) is 17.2 Å². The molecule has 0 aromatic carbocycles. The van der Waals surface area contributed by atoms with E-state index < -0.39 is 5.54 Å². The van der Waals surface area contributed by atoms with Crippen LogP contribution in [0.15, 0.2) is 0 Å². The van der Waals surface area contributed by atoms with E-state index >= 15 is 0 Å². The van der Waals surface area contributed by atoms with E-state index in [0.29, 0.717) is 5.75 Å². The summed E-state index contributed by atoms with van der Waals surface area (Å²) in [6, 6.07) is 2.23. The molecule has 0 spiro atoms. The minimum atomic E-state index is -0.636. The summed E-state index contributed by atoms with van der Waals surface area (Å²) in [5.74, 6) is 1.80. The third-order valence-corrected chi connectivity index (χ3v) is 5.10. The summed E-state index contributed by atoms with van der Waals surface area (Å²) in [4.78, 5) is 11.6. The normalized spacial score (nSPS) is 27.4. The van der Waals surface area contributed by atoms with E-state index in [1.54, 1.807) is 11.8 Å². The number of amides is 1. The van der Waals surface area contributed by atoms with Gasteiger partial charge in [0.05, 0.1) is 10.9 Å². The van der Waals surface area contributed by atoms with Crippen molar-refractivity contribution in [3.63, 3.8) is 0 Å². The Balaban J connectivity index is 2.61. The van der Waals surface area contributed by atoms with Crippen molar-refractivity contribution in [3.05, 3.63) is 0 Å². The van der Waals surface area contributed by atoms with Crippen molar-refractivity contribution in [2.24, 2.45) is 5.92 Å². The van der Waals surface area contributed by atoms with Gasteiger partial charge in [0, 0.05) is 5.75 Å². The van der Waals surface area contributed by atoms with Crippen molar-refractivity contribution in [2.45, 2.75) is 30.6 Å². The maximum atomic E-state index is 11.8. The first kappa shape index (κ1) is 12.9. The number of carbonyl (C=O) groups is 1. The van der Waals surface area contributed by atoms with Gasteiger partial charge in [-0.25, -0.2) is 0 Å². The fourth-order valence-electron chi connectivity index (χ4n) is 1.39. The molecule has 1 heterocycles. The highest BCUT2D eigenvalue weighted by Crippen LogP contribution is 2.28. The second-order valence-corrected chi connectivity index (χ2v) is 6.22. The Morgan fingerprint density at radius 1 is 1.67 bits per heavy atom. The van der Waals surface area contributed by atoms with E-state index in [2.05, 4.69) is 27.3 Å². The number of nitrogens with one attached hydrogen (secondary N) is 1. The van der Waals surface area contributed by atoms with Crippen LogP contribution in [0.5, 0.6) is 0 Å². The van der Waals surface area contributed by atoms with Crippen LogP contribution in [0.3, 0.4) is 0 Å². The molecule has 2 atom stereocenters. The number of hydrogen-bond acceptors (Lipinski definition) is 3.